The molecule has 1 unspecified atom stereocenters. The number of amides is 1. The highest BCUT2D eigenvalue weighted by molar-refractivity contribution is 6.46. The summed E-state index contributed by atoms with van der Waals surface area (Å²) in [6.07, 6.45) is 0.609. The van der Waals surface area contributed by atoms with Crippen molar-refractivity contribution in [1.82, 2.24) is 4.90 Å². The van der Waals surface area contributed by atoms with Gasteiger partial charge in [-0.2, -0.15) is 0 Å². The number of hydrogen-bond donors (Lipinski definition) is 1. The highest BCUT2D eigenvalue weighted by atomic mass is 16.5. The van der Waals surface area contributed by atoms with Gasteiger partial charge in [0.2, 0.25) is 0 Å². The molecule has 0 saturated carbocycles. The van der Waals surface area contributed by atoms with Gasteiger partial charge >= 0.3 is 0 Å². The number of Topliss-reactive ketones (excluding diaryl/α,β-unsaturated/α-hetero) is 1. The molecule has 3 aromatic rings. The van der Waals surface area contributed by atoms with Gasteiger partial charge in [-0.1, -0.05) is 68.4 Å². The maximum Gasteiger partial charge on any atom is 0.295 e. The predicted molar refractivity (Wildman–Crippen MR) is 137 cm³/mol. The third kappa shape index (κ3) is 5.14. The number of aliphatic hydroxyl groups excluding tert-OH is 1. The van der Waals surface area contributed by atoms with E-state index in [0.29, 0.717) is 36.8 Å². The van der Waals surface area contributed by atoms with Gasteiger partial charge in [0.25, 0.3) is 11.7 Å². The zero-order valence-electron chi connectivity index (χ0n) is 20.4. The van der Waals surface area contributed by atoms with E-state index < -0.39 is 17.7 Å². The smallest absolute Gasteiger partial charge is 0.295 e. The summed E-state index contributed by atoms with van der Waals surface area (Å²) < 4.78 is 5.49. The Morgan fingerprint density at radius 2 is 1.60 bits per heavy atom. The fourth-order valence-corrected chi connectivity index (χ4v) is 4.45. The van der Waals surface area contributed by atoms with Crippen molar-refractivity contribution < 1.29 is 19.4 Å². The summed E-state index contributed by atoms with van der Waals surface area (Å²) in [5.74, 6) is -0.397. The van der Waals surface area contributed by atoms with E-state index in [1.165, 1.54) is 5.56 Å². The summed E-state index contributed by atoms with van der Waals surface area (Å²) in [5.41, 5.74) is 3.63. The van der Waals surface area contributed by atoms with Gasteiger partial charge < -0.3 is 14.7 Å². The molecular weight excluding hydrogens is 438 g/mol. The van der Waals surface area contributed by atoms with Gasteiger partial charge in [-0.3, -0.25) is 9.59 Å². The number of hydrogen-bond acceptors (Lipinski definition) is 4. The molecule has 1 atom stereocenters. The van der Waals surface area contributed by atoms with E-state index >= 15 is 0 Å². The zero-order valence-corrected chi connectivity index (χ0v) is 20.4. The maximum absolute atomic E-state index is 13.2. The van der Waals surface area contributed by atoms with Gasteiger partial charge in [0.15, 0.2) is 0 Å². The molecule has 1 fully saturated rings. The van der Waals surface area contributed by atoms with Crippen molar-refractivity contribution in [2.45, 2.75) is 39.2 Å². The molecule has 4 rings (SSSR count). The first-order valence-corrected chi connectivity index (χ1v) is 12.1. The van der Waals surface area contributed by atoms with Crippen LogP contribution in [0.2, 0.25) is 0 Å². The summed E-state index contributed by atoms with van der Waals surface area (Å²) in [5, 5.41) is 11.2. The van der Waals surface area contributed by atoms with Crippen LogP contribution in [0.4, 0.5) is 0 Å². The van der Waals surface area contributed by atoms with Crippen molar-refractivity contribution >= 4 is 17.4 Å². The Kier molecular flexibility index (Phi) is 7.35. The third-order valence-electron chi connectivity index (χ3n) is 6.38. The Bertz CT molecular complexity index is 1210. The normalized spacial score (nSPS) is 17.3. The van der Waals surface area contributed by atoms with Crippen molar-refractivity contribution in [2.75, 3.05) is 13.2 Å². The molecule has 5 nitrogen and oxygen atoms in total. The second kappa shape index (κ2) is 10.6. The Balaban J connectivity index is 1.75. The minimum atomic E-state index is -0.664. The van der Waals surface area contributed by atoms with Crippen LogP contribution in [0.5, 0.6) is 5.75 Å². The van der Waals surface area contributed by atoms with Gasteiger partial charge in [0.1, 0.15) is 11.5 Å². The number of rotatable bonds is 8. The van der Waals surface area contributed by atoms with Crippen LogP contribution >= 0.6 is 0 Å². The first-order chi connectivity index (χ1) is 16.9. The zero-order chi connectivity index (χ0) is 24.9. The molecule has 35 heavy (non-hydrogen) atoms. The largest absolute Gasteiger partial charge is 0.507 e. The Morgan fingerprint density at radius 3 is 2.20 bits per heavy atom. The van der Waals surface area contributed by atoms with E-state index in [9.17, 15) is 14.7 Å². The summed E-state index contributed by atoms with van der Waals surface area (Å²) in [6, 6.07) is 24.1. The molecule has 0 aromatic heterocycles. The Labute approximate surface area is 206 Å². The average molecular weight is 470 g/mol. The second-order valence-corrected chi connectivity index (χ2v) is 9.01. The van der Waals surface area contributed by atoms with Crippen LogP contribution in [0.1, 0.15) is 55.0 Å². The average Bonchev–Trinajstić information content (AvgIpc) is 3.13. The summed E-state index contributed by atoms with van der Waals surface area (Å²) >= 11 is 0. The van der Waals surface area contributed by atoms with Crippen LogP contribution in [-0.2, 0) is 16.0 Å². The van der Waals surface area contributed by atoms with E-state index in [4.69, 9.17) is 4.74 Å². The molecule has 5 heteroatoms. The number of carbonyl (C=O) groups is 2. The molecular formula is C30H31NO4. The minimum absolute atomic E-state index is 0.115. The number of benzene rings is 3. The molecule has 0 spiro atoms. The van der Waals surface area contributed by atoms with Crippen LogP contribution < -0.4 is 4.74 Å². The van der Waals surface area contributed by atoms with Gasteiger partial charge in [-0.15, -0.1) is 0 Å². The number of aliphatic hydroxyl groups is 1. The molecule has 1 heterocycles. The maximum atomic E-state index is 13.2. The van der Waals surface area contributed by atoms with Crippen molar-refractivity contribution in [2.24, 2.45) is 0 Å². The van der Waals surface area contributed by atoms with Crippen LogP contribution in [0.25, 0.3) is 5.76 Å². The number of likely N-dealkylation sites (tertiary alicyclic amines) is 1. The van der Waals surface area contributed by atoms with Crippen LogP contribution in [-0.4, -0.2) is 34.8 Å². The first-order valence-electron chi connectivity index (χ1n) is 12.1. The van der Waals surface area contributed by atoms with Crippen LogP contribution in [0, 0.1) is 0 Å². The Morgan fingerprint density at radius 1 is 0.943 bits per heavy atom. The van der Waals surface area contributed by atoms with Crippen molar-refractivity contribution in [3.8, 4) is 5.75 Å². The van der Waals surface area contributed by atoms with E-state index in [2.05, 4.69) is 13.8 Å². The van der Waals surface area contributed by atoms with Crippen molar-refractivity contribution in [1.29, 1.82) is 0 Å². The molecule has 3 aromatic carbocycles. The topological polar surface area (TPSA) is 66.8 Å². The summed E-state index contributed by atoms with van der Waals surface area (Å²) in [7, 11) is 0. The lowest BCUT2D eigenvalue weighted by molar-refractivity contribution is -0.139. The highest BCUT2D eigenvalue weighted by Gasteiger charge is 2.45. The monoisotopic (exact) mass is 469 g/mol. The number of ether oxygens (including phenoxy) is 1. The standard InChI is InChI=1S/C30H31NO4/c1-4-35-25-16-14-24(15-17-25)28(32)26-27(23-12-10-22(11-13-23)20(2)3)31(30(34)29(26)33)19-18-21-8-6-5-7-9-21/h5-17,20,27,32H,4,18-19H2,1-3H3/b28-26+. The van der Waals surface area contributed by atoms with Gasteiger partial charge in [-0.25, -0.2) is 0 Å². The molecule has 1 aliphatic heterocycles. The van der Waals surface area contributed by atoms with Crippen LogP contribution in [0.15, 0.2) is 84.4 Å². The lowest BCUT2D eigenvalue weighted by Crippen LogP contribution is -2.31. The van der Waals surface area contributed by atoms with Crippen molar-refractivity contribution in [3.63, 3.8) is 0 Å². The predicted octanol–water partition coefficient (Wildman–Crippen LogP) is 5.87. The molecule has 1 N–H and O–H groups in total. The van der Waals surface area contributed by atoms with Crippen LogP contribution in [0.3, 0.4) is 0 Å². The van der Waals surface area contributed by atoms with E-state index in [1.54, 1.807) is 29.2 Å². The van der Waals surface area contributed by atoms with E-state index in [0.717, 1.165) is 11.1 Å². The molecule has 1 amide bonds. The molecule has 0 aliphatic carbocycles. The summed E-state index contributed by atoms with van der Waals surface area (Å²) in [4.78, 5) is 28.0. The molecule has 0 bridgehead atoms. The van der Waals surface area contributed by atoms with E-state index in [-0.39, 0.29) is 11.3 Å². The second-order valence-electron chi connectivity index (χ2n) is 9.01. The SMILES string of the molecule is CCOc1ccc(/C(O)=C2\C(=O)C(=O)N(CCc3ccccc3)C2c2ccc(C(C)C)cc2)cc1. The first kappa shape index (κ1) is 24.3. The lowest BCUT2D eigenvalue weighted by atomic mass is 9.93. The van der Waals surface area contributed by atoms with Crippen molar-refractivity contribution in [3.05, 3.63) is 107 Å². The van der Waals surface area contributed by atoms with Gasteiger partial charge in [0.05, 0.1) is 18.2 Å². The number of ketones is 1. The quantitative estimate of drug-likeness (QED) is 0.254. The number of carbonyl (C=O) groups excluding carboxylic acids is 2. The molecule has 1 saturated heterocycles. The molecule has 1 aliphatic rings. The fourth-order valence-electron chi connectivity index (χ4n) is 4.45. The number of nitrogens with zero attached hydrogens (tertiary/aromatic N) is 1. The molecule has 0 radical (unpaired) electrons. The third-order valence-corrected chi connectivity index (χ3v) is 6.38. The lowest BCUT2D eigenvalue weighted by Gasteiger charge is -2.26. The Hall–Kier alpha value is -3.86. The highest BCUT2D eigenvalue weighted by Crippen LogP contribution is 2.40. The minimum Gasteiger partial charge on any atom is -0.507 e. The van der Waals surface area contributed by atoms with E-state index in [1.807, 2.05) is 61.5 Å². The fraction of sp³-hybridized carbons (Fsp3) is 0.267. The van der Waals surface area contributed by atoms with Gasteiger partial charge in [-0.05, 0) is 60.2 Å². The molecule has 180 valence electrons. The van der Waals surface area contributed by atoms with Gasteiger partial charge in [0, 0.05) is 12.1 Å². The summed E-state index contributed by atoms with van der Waals surface area (Å²) in [6.45, 7) is 7.03.